The number of aliphatic hydroxyl groups is 1. The lowest BCUT2D eigenvalue weighted by atomic mass is 10.2. The Morgan fingerprint density at radius 2 is 2.30 bits per heavy atom. The first-order valence-electron chi connectivity index (χ1n) is 6.53. The molecule has 0 radical (unpaired) electrons. The molecule has 0 aromatic heterocycles. The van der Waals surface area contributed by atoms with E-state index in [1.807, 2.05) is 0 Å². The zero-order valence-electron chi connectivity index (χ0n) is 12.0. The summed E-state index contributed by atoms with van der Waals surface area (Å²) >= 11 is 0. The summed E-state index contributed by atoms with van der Waals surface area (Å²) < 4.78 is 20.6. The van der Waals surface area contributed by atoms with Crippen LogP contribution in [0, 0.1) is 0 Å². The molecule has 2 heterocycles. The molecule has 23 heavy (non-hydrogen) atoms. The van der Waals surface area contributed by atoms with Gasteiger partial charge in [0.05, 0.1) is 12.7 Å². The Morgan fingerprint density at radius 3 is 2.87 bits per heavy atom. The number of aliphatic imine (C=N–C) groups is 2. The van der Waals surface area contributed by atoms with Crippen molar-refractivity contribution in [3.05, 3.63) is 24.7 Å². The van der Waals surface area contributed by atoms with Gasteiger partial charge in [-0.25, -0.2) is 9.56 Å². The molecule has 7 N–H and O–H groups in total. The minimum absolute atomic E-state index is 0.142. The van der Waals surface area contributed by atoms with Crippen LogP contribution in [-0.2, 0) is 13.8 Å². The Kier molecular flexibility index (Phi) is 5.19. The molecule has 0 spiro atoms. The molecule has 0 unspecified atom stereocenters. The maximum absolute atomic E-state index is 10.7. The number of aliphatic hydroxyl groups excluding tert-OH is 1. The Labute approximate surface area is 131 Å². The van der Waals surface area contributed by atoms with E-state index in [-0.39, 0.29) is 18.2 Å². The van der Waals surface area contributed by atoms with Gasteiger partial charge in [-0.05, 0) is 6.08 Å². The van der Waals surface area contributed by atoms with Crippen LogP contribution in [0.15, 0.2) is 34.7 Å². The third-order valence-corrected chi connectivity index (χ3v) is 3.58. The predicted octanol–water partition coefficient (Wildman–Crippen LogP) is -1.46. The van der Waals surface area contributed by atoms with Crippen molar-refractivity contribution in [1.82, 2.24) is 4.90 Å². The first-order chi connectivity index (χ1) is 10.7. The van der Waals surface area contributed by atoms with Gasteiger partial charge >= 0.3 is 7.82 Å². The van der Waals surface area contributed by atoms with Crippen LogP contribution in [0.4, 0.5) is 0 Å². The van der Waals surface area contributed by atoms with Gasteiger partial charge in [0.2, 0.25) is 0 Å². The van der Waals surface area contributed by atoms with Crippen LogP contribution in [0.5, 0.6) is 0 Å². The average molecular weight is 347 g/mol. The van der Waals surface area contributed by atoms with Crippen molar-refractivity contribution < 1.29 is 28.7 Å². The van der Waals surface area contributed by atoms with Crippen molar-refractivity contribution >= 4 is 19.6 Å². The molecular weight excluding hydrogens is 329 g/mol. The van der Waals surface area contributed by atoms with Crippen molar-refractivity contribution in [2.24, 2.45) is 21.5 Å². The van der Waals surface area contributed by atoms with E-state index in [9.17, 15) is 9.67 Å². The van der Waals surface area contributed by atoms with Crippen LogP contribution in [0.25, 0.3) is 0 Å². The number of hydrogen-bond acceptors (Lipinski definition) is 7. The van der Waals surface area contributed by atoms with Crippen LogP contribution in [-0.4, -0.2) is 56.6 Å². The number of hydrogen-bond donors (Lipinski definition) is 5. The van der Waals surface area contributed by atoms with E-state index in [1.54, 1.807) is 11.1 Å². The van der Waals surface area contributed by atoms with Crippen LogP contribution in [0.2, 0.25) is 0 Å². The third kappa shape index (κ3) is 4.86. The Hall–Kier alpha value is -1.75. The number of nitrogens with zero attached hydrogens (tertiary/aromatic N) is 3. The Morgan fingerprint density at radius 1 is 1.61 bits per heavy atom. The molecule has 0 aromatic rings. The standard InChI is InChI=1S/C11H18N5O6P/c1-6-14-9(15-11(12)13)2-3-16(6)10-4-7(17)8(22-10)5-21-23(18,19)20/h2-3,7-8,10,17H,1,4-5H2,(H2,18,19,20)(H4,12,13,14,15)/t7-,8-,10-/m1/s1. The van der Waals surface area contributed by atoms with Gasteiger partial charge in [0.25, 0.3) is 0 Å². The fraction of sp³-hybridized carbons (Fsp3) is 0.455. The molecule has 0 saturated carbocycles. The van der Waals surface area contributed by atoms with Gasteiger partial charge in [0, 0.05) is 12.6 Å². The first-order valence-corrected chi connectivity index (χ1v) is 8.06. The van der Waals surface area contributed by atoms with E-state index in [4.69, 9.17) is 26.0 Å². The Balaban J connectivity index is 1.98. The fourth-order valence-corrected chi connectivity index (χ4v) is 2.46. The molecular formula is C11H18N5O6P. The van der Waals surface area contributed by atoms with E-state index in [2.05, 4.69) is 21.1 Å². The molecule has 128 valence electrons. The number of phosphoric ester groups is 1. The second kappa shape index (κ2) is 6.79. The highest BCUT2D eigenvalue weighted by atomic mass is 31.2. The minimum atomic E-state index is -4.63. The zero-order chi connectivity index (χ0) is 17.2. The SMILES string of the molecule is C=C1N=C(N=C(N)N)C=CN1[C@H]1C[C@@H](O)[C@@H](COP(=O)(O)O)O1. The van der Waals surface area contributed by atoms with Gasteiger partial charge in [-0.2, -0.15) is 4.99 Å². The predicted molar refractivity (Wildman–Crippen MR) is 80.6 cm³/mol. The molecule has 11 nitrogen and oxygen atoms in total. The first kappa shape index (κ1) is 17.6. The molecule has 12 heteroatoms. The molecule has 2 aliphatic rings. The summed E-state index contributed by atoms with van der Waals surface area (Å²) in [5, 5.41) is 9.91. The van der Waals surface area contributed by atoms with Gasteiger partial charge in [-0.1, -0.05) is 6.58 Å². The maximum atomic E-state index is 10.7. The largest absolute Gasteiger partial charge is 0.469 e. The fourth-order valence-electron chi connectivity index (χ4n) is 2.12. The third-order valence-electron chi connectivity index (χ3n) is 3.09. The number of ether oxygens (including phenoxy) is 1. The lowest BCUT2D eigenvalue weighted by molar-refractivity contribution is -0.0553. The van der Waals surface area contributed by atoms with Crippen molar-refractivity contribution in [2.75, 3.05) is 6.61 Å². The summed E-state index contributed by atoms with van der Waals surface area (Å²) in [5.74, 6) is 0.421. The lowest BCUT2D eigenvalue weighted by Gasteiger charge is -2.28. The van der Waals surface area contributed by atoms with Crippen molar-refractivity contribution in [1.29, 1.82) is 0 Å². The van der Waals surface area contributed by atoms with Gasteiger partial charge < -0.3 is 36.0 Å². The van der Waals surface area contributed by atoms with Crippen LogP contribution < -0.4 is 11.5 Å². The second-order valence-corrected chi connectivity index (χ2v) is 6.10. The number of amidine groups is 1. The number of phosphoric acid groups is 1. The average Bonchev–Trinajstić information content (AvgIpc) is 2.76. The molecule has 1 fully saturated rings. The monoisotopic (exact) mass is 347 g/mol. The van der Waals surface area contributed by atoms with E-state index in [1.165, 1.54) is 6.08 Å². The minimum Gasteiger partial charge on any atom is -0.390 e. The van der Waals surface area contributed by atoms with E-state index in [0.717, 1.165) is 0 Å². The molecule has 2 aliphatic heterocycles. The highest BCUT2D eigenvalue weighted by molar-refractivity contribution is 7.46. The molecule has 0 aromatic carbocycles. The van der Waals surface area contributed by atoms with Crippen LogP contribution in [0.3, 0.4) is 0 Å². The molecule has 0 bridgehead atoms. The number of rotatable bonds is 4. The summed E-state index contributed by atoms with van der Waals surface area (Å²) in [7, 11) is -4.63. The number of guanidine groups is 1. The quantitative estimate of drug-likeness (QED) is 0.231. The Bertz CT molecular complexity index is 610. The van der Waals surface area contributed by atoms with E-state index >= 15 is 0 Å². The number of nitrogens with two attached hydrogens (primary N) is 2. The van der Waals surface area contributed by atoms with Gasteiger partial charge in [0.15, 0.2) is 11.8 Å². The topological polar surface area (TPSA) is 176 Å². The van der Waals surface area contributed by atoms with Gasteiger partial charge in [-0.3, -0.25) is 4.52 Å². The maximum Gasteiger partial charge on any atom is 0.469 e. The van der Waals surface area contributed by atoms with Crippen LogP contribution in [0.1, 0.15) is 6.42 Å². The second-order valence-electron chi connectivity index (χ2n) is 4.86. The summed E-state index contributed by atoms with van der Waals surface area (Å²) in [6.45, 7) is 3.32. The highest BCUT2D eigenvalue weighted by Crippen LogP contribution is 2.37. The molecule has 0 amide bonds. The van der Waals surface area contributed by atoms with E-state index in [0.29, 0.717) is 5.82 Å². The van der Waals surface area contributed by atoms with Crippen molar-refractivity contribution in [3.8, 4) is 0 Å². The summed E-state index contributed by atoms with van der Waals surface area (Å²) in [4.78, 5) is 26.8. The molecule has 3 atom stereocenters. The van der Waals surface area contributed by atoms with E-state index < -0.39 is 32.9 Å². The normalized spacial score (nSPS) is 28.0. The van der Waals surface area contributed by atoms with Gasteiger partial charge in [-0.15, -0.1) is 0 Å². The zero-order valence-corrected chi connectivity index (χ0v) is 12.9. The smallest absolute Gasteiger partial charge is 0.390 e. The van der Waals surface area contributed by atoms with Crippen molar-refractivity contribution in [2.45, 2.75) is 24.9 Å². The van der Waals surface area contributed by atoms with Crippen molar-refractivity contribution in [3.63, 3.8) is 0 Å². The summed E-state index contributed by atoms with van der Waals surface area (Å²) in [6, 6.07) is 0. The molecule has 1 saturated heterocycles. The molecule has 2 rings (SSSR count). The lowest BCUT2D eigenvalue weighted by Crippen LogP contribution is -2.32. The van der Waals surface area contributed by atoms with Crippen LogP contribution >= 0.6 is 7.82 Å². The highest BCUT2D eigenvalue weighted by Gasteiger charge is 2.38. The summed E-state index contributed by atoms with van der Waals surface area (Å²) in [5.41, 5.74) is 10.5. The summed E-state index contributed by atoms with van der Waals surface area (Å²) in [6.07, 6.45) is 0.868. The van der Waals surface area contributed by atoms with Gasteiger partial charge in [0.1, 0.15) is 18.2 Å². The molecule has 0 aliphatic carbocycles.